The van der Waals surface area contributed by atoms with Crippen LogP contribution in [0.4, 0.5) is 4.79 Å². The van der Waals surface area contributed by atoms with Crippen molar-refractivity contribution in [1.82, 2.24) is 20.4 Å². The number of carboxylic acids is 1. The summed E-state index contributed by atoms with van der Waals surface area (Å²) in [6.07, 6.45) is 2.43. The van der Waals surface area contributed by atoms with Crippen LogP contribution >= 0.6 is 0 Å². The van der Waals surface area contributed by atoms with E-state index in [9.17, 15) is 9.59 Å². The van der Waals surface area contributed by atoms with Gasteiger partial charge >= 0.3 is 12.0 Å². The zero-order valence-electron chi connectivity index (χ0n) is 9.80. The minimum atomic E-state index is -1.06. The van der Waals surface area contributed by atoms with Crippen molar-refractivity contribution in [1.29, 1.82) is 0 Å². The number of carbonyl (C=O) groups is 2. The number of urea groups is 1. The Morgan fingerprint density at radius 2 is 2.29 bits per heavy atom. The zero-order valence-corrected chi connectivity index (χ0v) is 9.80. The van der Waals surface area contributed by atoms with Crippen LogP contribution in [0.5, 0.6) is 0 Å². The van der Waals surface area contributed by atoms with Crippen LogP contribution in [-0.4, -0.2) is 39.5 Å². The first-order valence-corrected chi connectivity index (χ1v) is 5.24. The number of aliphatic carboxylic acids is 1. The number of nitrogens with one attached hydrogen (secondary N) is 2. The van der Waals surface area contributed by atoms with E-state index >= 15 is 0 Å². The summed E-state index contributed by atoms with van der Waals surface area (Å²) >= 11 is 0. The number of hydrogen-bond donors (Lipinski definition) is 3. The Kier molecular flexibility index (Phi) is 4.50. The third-order valence-corrected chi connectivity index (χ3v) is 2.15. The fourth-order valence-corrected chi connectivity index (χ4v) is 1.21. The fraction of sp³-hybridized carbons (Fsp3) is 0.500. The Labute approximate surface area is 98.8 Å². The number of aryl methyl sites for hydroxylation is 1. The first-order valence-electron chi connectivity index (χ1n) is 5.24. The normalized spacial score (nSPS) is 11.9. The van der Waals surface area contributed by atoms with Gasteiger partial charge in [0.1, 0.15) is 6.04 Å². The van der Waals surface area contributed by atoms with E-state index < -0.39 is 18.0 Å². The highest BCUT2D eigenvalue weighted by atomic mass is 16.4. The van der Waals surface area contributed by atoms with Crippen molar-refractivity contribution < 1.29 is 14.7 Å². The SMILES string of the molecule is CC(NC(=O)NCCc1ccn(C)n1)C(=O)O. The monoisotopic (exact) mass is 240 g/mol. The second-order valence-corrected chi connectivity index (χ2v) is 3.69. The topological polar surface area (TPSA) is 96.3 Å². The summed E-state index contributed by atoms with van der Waals surface area (Å²) in [6, 6.07) is 0.472. The Morgan fingerprint density at radius 3 is 2.82 bits per heavy atom. The van der Waals surface area contributed by atoms with Crippen molar-refractivity contribution in [2.45, 2.75) is 19.4 Å². The average molecular weight is 240 g/mol. The predicted octanol–water partition coefficient (Wildman–Crippen LogP) is -0.265. The molecule has 7 nitrogen and oxygen atoms in total. The van der Waals surface area contributed by atoms with E-state index in [4.69, 9.17) is 5.11 Å². The number of rotatable bonds is 5. The molecule has 3 N–H and O–H groups in total. The summed E-state index contributed by atoms with van der Waals surface area (Å²) in [5, 5.41) is 17.6. The van der Waals surface area contributed by atoms with E-state index in [0.717, 1.165) is 5.69 Å². The second kappa shape index (κ2) is 5.88. The smallest absolute Gasteiger partial charge is 0.325 e. The highest BCUT2D eigenvalue weighted by molar-refractivity contribution is 5.82. The Hall–Kier alpha value is -2.05. The molecule has 0 saturated carbocycles. The number of amides is 2. The Morgan fingerprint density at radius 1 is 1.59 bits per heavy atom. The van der Waals surface area contributed by atoms with Gasteiger partial charge in [-0.2, -0.15) is 5.10 Å². The van der Waals surface area contributed by atoms with Crippen molar-refractivity contribution in [2.75, 3.05) is 6.54 Å². The van der Waals surface area contributed by atoms with Gasteiger partial charge in [-0.3, -0.25) is 9.48 Å². The first-order chi connectivity index (χ1) is 7.99. The van der Waals surface area contributed by atoms with Gasteiger partial charge in [0.05, 0.1) is 5.69 Å². The van der Waals surface area contributed by atoms with Gasteiger partial charge in [-0.05, 0) is 13.0 Å². The third-order valence-electron chi connectivity index (χ3n) is 2.15. The summed E-state index contributed by atoms with van der Waals surface area (Å²) in [7, 11) is 1.82. The molecule has 1 aromatic rings. The molecular weight excluding hydrogens is 224 g/mol. The summed E-state index contributed by atoms with van der Waals surface area (Å²) in [5.74, 6) is -1.06. The molecule has 0 bridgehead atoms. The van der Waals surface area contributed by atoms with Gasteiger partial charge in [0.2, 0.25) is 0 Å². The van der Waals surface area contributed by atoms with Crippen LogP contribution in [0, 0.1) is 0 Å². The molecule has 0 spiro atoms. The minimum Gasteiger partial charge on any atom is -0.480 e. The van der Waals surface area contributed by atoms with Gasteiger partial charge in [0, 0.05) is 26.2 Å². The summed E-state index contributed by atoms with van der Waals surface area (Å²) < 4.78 is 1.68. The molecule has 0 aliphatic heterocycles. The van der Waals surface area contributed by atoms with Crippen molar-refractivity contribution in [3.8, 4) is 0 Å². The van der Waals surface area contributed by atoms with E-state index in [1.807, 2.05) is 19.3 Å². The second-order valence-electron chi connectivity index (χ2n) is 3.69. The maximum absolute atomic E-state index is 11.2. The van der Waals surface area contributed by atoms with E-state index in [1.165, 1.54) is 6.92 Å². The zero-order chi connectivity index (χ0) is 12.8. The Bertz CT molecular complexity index is 402. The number of carbonyl (C=O) groups excluding carboxylic acids is 1. The van der Waals surface area contributed by atoms with Crippen molar-refractivity contribution in [3.05, 3.63) is 18.0 Å². The lowest BCUT2D eigenvalue weighted by molar-refractivity contribution is -0.138. The molecule has 1 heterocycles. The van der Waals surface area contributed by atoms with Crippen LogP contribution in [0.1, 0.15) is 12.6 Å². The van der Waals surface area contributed by atoms with Crippen LogP contribution in [0.3, 0.4) is 0 Å². The minimum absolute atomic E-state index is 0.412. The number of hydrogen-bond acceptors (Lipinski definition) is 3. The van der Waals surface area contributed by atoms with Crippen LogP contribution < -0.4 is 10.6 Å². The molecule has 0 aliphatic carbocycles. The third kappa shape index (κ3) is 4.54. The summed E-state index contributed by atoms with van der Waals surface area (Å²) in [4.78, 5) is 21.7. The molecule has 2 amide bonds. The standard InChI is InChI=1S/C10H16N4O3/c1-7(9(15)16)12-10(17)11-5-3-8-4-6-14(2)13-8/h4,6-7H,3,5H2,1-2H3,(H,15,16)(H2,11,12,17). The average Bonchev–Trinajstić information content (AvgIpc) is 2.64. The highest BCUT2D eigenvalue weighted by Gasteiger charge is 2.12. The van der Waals surface area contributed by atoms with Gasteiger partial charge in [-0.15, -0.1) is 0 Å². The van der Waals surface area contributed by atoms with Gasteiger partial charge in [-0.25, -0.2) is 4.79 Å². The van der Waals surface area contributed by atoms with Gasteiger partial charge in [0.15, 0.2) is 0 Å². The maximum atomic E-state index is 11.2. The van der Waals surface area contributed by atoms with E-state index in [2.05, 4.69) is 15.7 Å². The highest BCUT2D eigenvalue weighted by Crippen LogP contribution is 1.93. The van der Waals surface area contributed by atoms with Gasteiger partial charge < -0.3 is 15.7 Å². The summed E-state index contributed by atoms with van der Waals surface area (Å²) in [5.41, 5.74) is 0.874. The quantitative estimate of drug-likeness (QED) is 0.660. The number of carboxylic acid groups (broad SMARTS) is 1. The molecule has 0 radical (unpaired) electrons. The molecule has 1 rings (SSSR count). The fourth-order valence-electron chi connectivity index (χ4n) is 1.21. The van der Waals surface area contributed by atoms with E-state index in [1.54, 1.807) is 4.68 Å². The van der Waals surface area contributed by atoms with E-state index in [-0.39, 0.29) is 0 Å². The van der Waals surface area contributed by atoms with Crippen LogP contribution in [-0.2, 0) is 18.3 Å². The molecule has 94 valence electrons. The molecule has 0 aliphatic rings. The maximum Gasteiger partial charge on any atom is 0.325 e. The van der Waals surface area contributed by atoms with Crippen molar-refractivity contribution in [2.24, 2.45) is 7.05 Å². The molecule has 0 fully saturated rings. The molecular formula is C10H16N4O3. The lowest BCUT2D eigenvalue weighted by Crippen LogP contribution is -2.44. The molecule has 1 aromatic heterocycles. The Balaban J connectivity index is 2.22. The molecule has 7 heteroatoms. The van der Waals surface area contributed by atoms with Crippen LogP contribution in [0.15, 0.2) is 12.3 Å². The van der Waals surface area contributed by atoms with Crippen LogP contribution in [0.2, 0.25) is 0 Å². The van der Waals surface area contributed by atoms with Gasteiger partial charge in [-0.1, -0.05) is 0 Å². The van der Waals surface area contributed by atoms with Crippen molar-refractivity contribution in [3.63, 3.8) is 0 Å². The lowest BCUT2D eigenvalue weighted by Gasteiger charge is -2.09. The van der Waals surface area contributed by atoms with Crippen LogP contribution in [0.25, 0.3) is 0 Å². The predicted molar refractivity (Wildman–Crippen MR) is 60.5 cm³/mol. The largest absolute Gasteiger partial charge is 0.480 e. The molecule has 0 aromatic carbocycles. The van der Waals surface area contributed by atoms with Gasteiger partial charge in [0.25, 0.3) is 0 Å². The first kappa shape index (κ1) is 13.0. The molecule has 17 heavy (non-hydrogen) atoms. The van der Waals surface area contributed by atoms with Crippen molar-refractivity contribution >= 4 is 12.0 Å². The number of nitrogens with zero attached hydrogens (tertiary/aromatic N) is 2. The summed E-state index contributed by atoms with van der Waals surface area (Å²) in [6.45, 7) is 1.82. The lowest BCUT2D eigenvalue weighted by atomic mass is 10.3. The van der Waals surface area contributed by atoms with E-state index in [0.29, 0.717) is 13.0 Å². The molecule has 1 unspecified atom stereocenters. The number of aromatic nitrogens is 2. The molecule has 0 saturated heterocycles. The molecule has 1 atom stereocenters.